The molecule has 0 atom stereocenters. The van der Waals surface area contributed by atoms with E-state index < -0.39 is 0 Å². The molecule has 0 radical (unpaired) electrons. The Morgan fingerprint density at radius 1 is 1.13 bits per heavy atom. The fourth-order valence-corrected chi connectivity index (χ4v) is 3.71. The van der Waals surface area contributed by atoms with Gasteiger partial charge in [-0.3, -0.25) is 0 Å². The summed E-state index contributed by atoms with van der Waals surface area (Å²) in [7, 11) is 0. The lowest BCUT2D eigenvalue weighted by Crippen LogP contribution is -2.36. The van der Waals surface area contributed by atoms with Gasteiger partial charge in [-0.2, -0.15) is 5.10 Å². The smallest absolute Gasteiger partial charge is 0.0645 e. The Hall–Kier alpha value is -1.65. The topological polar surface area (TPSA) is 50.1 Å². The lowest BCUT2D eigenvalue weighted by molar-refractivity contribution is 0.126. The highest BCUT2D eigenvalue weighted by molar-refractivity contribution is 5.33. The molecule has 3 rings (SSSR count). The molecular formula is C19H27N3O. The molecule has 1 aromatic heterocycles. The molecule has 0 aliphatic heterocycles. The van der Waals surface area contributed by atoms with Gasteiger partial charge in [0.25, 0.3) is 0 Å². The molecule has 2 aromatic rings. The second kappa shape index (κ2) is 7.75. The fraction of sp³-hybridized carbons (Fsp3) is 0.526. The van der Waals surface area contributed by atoms with Crippen molar-refractivity contribution in [1.82, 2.24) is 15.1 Å². The highest BCUT2D eigenvalue weighted by Crippen LogP contribution is 2.38. The van der Waals surface area contributed by atoms with E-state index in [-0.39, 0.29) is 0 Å². The molecule has 0 unspecified atom stereocenters. The van der Waals surface area contributed by atoms with E-state index in [4.69, 9.17) is 0 Å². The first kappa shape index (κ1) is 16.2. The van der Waals surface area contributed by atoms with Crippen molar-refractivity contribution in [2.75, 3.05) is 13.2 Å². The summed E-state index contributed by atoms with van der Waals surface area (Å²) in [5.41, 5.74) is 2.68. The van der Waals surface area contributed by atoms with Crippen LogP contribution in [0.2, 0.25) is 0 Å². The van der Waals surface area contributed by atoms with E-state index in [9.17, 15) is 5.11 Å². The van der Waals surface area contributed by atoms with Gasteiger partial charge in [-0.15, -0.1) is 0 Å². The first-order chi connectivity index (χ1) is 11.3. The molecular weight excluding hydrogens is 286 g/mol. The molecule has 1 aliphatic rings. The van der Waals surface area contributed by atoms with Crippen LogP contribution in [-0.2, 0) is 6.54 Å². The molecule has 1 saturated carbocycles. The van der Waals surface area contributed by atoms with Gasteiger partial charge >= 0.3 is 0 Å². The Bertz CT molecular complexity index is 566. The molecule has 23 heavy (non-hydrogen) atoms. The van der Waals surface area contributed by atoms with Crippen LogP contribution in [0, 0.1) is 5.41 Å². The van der Waals surface area contributed by atoms with E-state index >= 15 is 0 Å². The van der Waals surface area contributed by atoms with Gasteiger partial charge in [0.2, 0.25) is 0 Å². The quantitative estimate of drug-likeness (QED) is 0.824. The molecule has 0 amide bonds. The van der Waals surface area contributed by atoms with E-state index in [1.807, 2.05) is 16.9 Å². The molecule has 0 spiro atoms. The molecule has 4 nitrogen and oxygen atoms in total. The SMILES string of the molecule is OCCC1(CNCc2ccc(-n3cccn3)cc2)CCCCC1. The molecule has 1 aromatic carbocycles. The van der Waals surface area contributed by atoms with E-state index in [1.165, 1.54) is 37.7 Å². The molecule has 1 fully saturated rings. The molecule has 0 bridgehead atoms. The Balaban J connectivity index is 1.53. The van der Waals surface area contributed by atoms with Gasteiger partial charge in [-0.25, -0.2) is 4.68 Å². The minimum atomic E-state index is 0.306. The standard InChI is InChI=1S/C19H27N3O/c23-14-11-19(9-2-1-3-10-19)16-20-15-17-5-7-18(8-6-17)22-13-4-12-21-22/h4-8,12-13,20,23H,1-3,9-11,14-16H2. The summed E-state index contributed by atoms with van der Waals surface area (Å²) in [6.45, 7) is 2.20. The van der Waals surface area contributed by atoms with Crippen LogP contribution in [0.1, 0.15) is 44.1 Å². The van der Waals surface area contributed by atoms with Crippen LogP contribution >= 0.6 is 0 Å². The third kappa shape index (κ3) is 4.21. The number of nitrogens with one attached hydrogen (secondary N) is 1. The number of aromatic nitrogens is 2. The van der Waals surface area contributed by atoms with E-state index in [0.29, 0.717) is 12.0 Å². The molecule has 2 N–H and O–H groups in total. The largest absolute Gasteiger partial charge is 0.396 e. The van der Waals surface area contributed by atoms with Gasteiger partial charge in [-0.1, -0.05) is 31.4 Å². The summed E-state index contributed by atoms with van der Waals surface area (Å²) in [6.07, 6.45) is 11.1. The van der Waals surface area contributed by atoms with Gasteiger partial charge in [0.1, 0.15) is 0 Å². The average Bonchev–Trinajstić information content (AvgIpc) is 3.11. The maximum atomic E-state index is 9.39. The zero-order chi connectivity index (χ0) is 16.0. The van der Waals surface area contributed by atoms with Gasteiger partial charge in [0.15, 0.2) is 0 Å². The lowest BCUT2D eigenvalue weighted by Gasteiger charge is -2.37. The minimum Gasteiger partial charge on any atom is -0.396 e. The van der Waals surface area contributed by atoms with E-state index in [1.54, 1.807) is 6.20 Å². The second-order valence-electron chi connectivity index (χ2n) is 6.75. The number of hydrogen-bond donors (Lipinski definition) is 2. The molecule has 0 saturated heterocycles. The number of nitrogens with zero attached hydrogens (tertiary/aromatic N) is 2. The van der Waals surface area contributed by atoms with Crippen molar-refractivity contribution < 1.29 is 5.11 Å². The average molecular weight is 313 g/mol. The molecule has 1 heterocycles. The molecule has 1 aliphatic carbocycles. The normalized spacial score (nSPS) is 17.3. The van der Waals surface area contributed by atoms with Crippen molar-refractivity contribution in [1.29, 1.82) is 0 Å². The Labute approximate surface area is 138 Å². The first-order valence-corrected chi connectivity index (χ1v) is 8.72. The number of aliphatic hydroxyl groups excluding tert-OH is 1. The third-order valence-electron chi connectivity index (χ3n) is 5.09. The van der Waals surface area contributed by atoms with Gasteiger partial charge < -0.3 is 10.4 Å². The summed E-state index contributed by atoms with van der Waals surface area (Å²) in [5.74, 6) is 0. The summed E-state index contributed by atoms with van der Waals surface area (Å²) < 4.78 is 1.87. The van der Waals surface area contributed by atoms with Crippen molar-refractivity contribution in [3.05, 3.63) is 48.3 Å². The lowest BCUT2D eigenvalue weighted by atomic mass is 9.72. The first-order valence-electron chi connectivity index (χ1n) is 8.72. The van der Waals surface area contributed by atoms with Gasteiger partial charge in [0.05, 0.1) is 5.69 Å². The number of rotatable bonds is 7. The van der Waals surface area contributed by atoms with E-state index in [2.05, 4.69) is 34.7 Å². The number of benzene rings is 1. The number of hydrogen-bond acceptors (Lipinski definition) is 3. The Kier molecular flexibility index (Phi) is 5.47. The highest BCUT2D eigenvalue weighted by Gasteiger charge is 2.30. The zero-order valence-electron chi connectivity index (χ0n) is 13.7. The van der Waals surface area contributed by atoms with E-state index in [0.717, 1.165) is 25.2 Å². The summed E-state index contributed by atoms with van der Waals surface area (Å²) >= 11 is 0. The summed E-state index contributed by atoms with van der Waals surface area (Å²) in [6, 6.07) is 10.5. The third-order valence-corrected chi connectivity index (χ3v) is 5.09. The minimum absolute atomic E-state index is 0.306. The van der Waals surface area contributed by atoms with Crippen LogP contribution in [0.25, 0.3) is 5.69 Å². The Morgan fingerprint density at radius 2 is 1.91 bits per heavy atom. The van der Waals surface area contributed by atoms with Gasteiger partial charge in [-0.05, 0) is 48.4 Å². The maximum absolute atomic E-state index is 9.39. The predicted octanol–water partition coefficient (Wildman–Crippen LogP) is 3.29. The van der Waals surface area contributed by atoms with Crippen LogP contribution in [0.4, 0.5) is 0 Å². The van der Waals surface area contributed by atoms with Crippen molar-refractivity contribution in [3.8, 4) is 5.69 Å². The van der Waals surface area contributed by atoms with Crippen LogP contribution < -0.4 is 5.32 Å². The van der Waals surface area contributed by atoms with Crippen molar-refractivity contribution in [3.63, 3.8) is 0 Å². The van der Waals surface area contributed by atoms with Crippen molar-refractivity contribution in [2.45, 2.75) is 45.1 Å². The summed E-state index contributed by atoms with van der Waals surface area (Å²) in [5, 5.41) is 17.2. The maximum Gasteiger partial charge on any atom is 0.0645 e. The van der Waals surface area contributed by atoms with Crippen LogP contribution in [-0.4, -0.2) is 28.0 Å². The molecule has 124 valence electrons. The zero-order valence-corrected chi connectivity index (χ0v) is 13.7. The van der Waals surface area contributed by atoms with Crippen LogP contribution in [0.5, 0.6) is 0 Å². The highest BCUT2D eigenvalue weighted by atomic mass is 16.3. The predicted molar refractivity (Wildman–Crippen MR) is 92.5 cm³/mol. The van der Waals surface area contributed by atoms with Crippen molar-refractivity contribution >= 4 is 0 Å². The Morgan fingerprint density at radius 3 is 2.57 bits per heavy atom. The van der Waals surface area contributed by atoms with Gasteiger partial charge in [0, 0.05) is 32.1 Å². The van der Waals surface area contributed by atoms with Crippen molar-refractivity contribution in [2.24, 2.45) is 5.41 Å². The van der Waals surface area contributed by atoms with Crippen LogP contribution in [0.15, 0.2) is 42.7 Å². The van der Waals surface area contributed by atoms with Crippen LogP contribution in [0.3, 0.4) is 0 Å². The fourth-order valence-electron chi connectivity index (χ4n) is 3.71. The monoisotopic (exact) mass is 313 g/mol. The second-order valence-corrected chi connectivity index (χ2v) is 6.75. The summed E-state index contributed by atoms with van der Waals surface area (Å²) in [4.78, 5) is 0. The molecule has 4 heteroatoms. The number of aliphatic hydroxyl groups is 1.